The number of hydrogen-bond donors (Lipinski definition) is 0. The molecule has 0 saturated carbocycles. The van der Waals surface area contributed by atoms with Crippen molar-refractivity contribution in [3.63, 3.8) is 0 Å². The molecule has 1 nitrogen and oxygen atoms in total. The number of nitrogens with zero attached hydrogens (tertiary/aromatic N) is 1. The van der Waals surface area contributed by atoms with Crippen molar-refractivity contribution in [3.8, 4) is 0 Å². The lowest BCUT2D eigenvalue weighted by molar-refractivity contribution is 0.917. The van der Waals surface area contributed by atoms with Crippen LogP contribution in [0.5, 0.6) is 0 Å². The Hall–Kier alpha value is -0.570. The summed E-state index contributed by atoms with van der Waals surface area (Å²) < 4.78 is 12.2. The second-order valence-electron chi connectivity index (χ2n) is 2.36. The summed E-state index contributed by atoms with van der Waals surface area (Å²) in [6.45, 7) is 3.97. The molecule has 0 bridgehead atoms. The Morgan fingerprint density at radius 3 is 2.73 bits per heavy atom. The molecule has 0 N–H and O–H groups in total. The minimum absolute atomic E-state index is 0.272. The highest BCUT2D eigenvalue weighted by atomic mass is 32.2. The third-order valence-electron chi connectivity index (χ3n) is 1.67. The van der Waals surface area contributed by atoms with Gasteiger partial charge in [-0.25, -0.2) is 0 Å². The van der Waals surface area contributed by atoms with E-state index in [1.807, 2.05) is 13.8 Å². The molecule has 1 aromatic heterocycles. The number of aromatic nitrogens is 1. The van der Waals surface area contributed by atoms with Crippen molar-refractivity contribution in [2.24, 2.45) is 0 Å². The van der Waals surface area contributed by atoms with Crippen molar-refractivity contribution in [1.29, 1.82) is 0 Å². The molecular weight excluding hydrogens is 161 g/mol. The summed E-state index contributed by atoms with van der Waals surface area (Å²) in [6.07, 6.45) is 4.19. The maximum absolute atomic E-state index is 12.2. The number of aryl methyl sites for hydroxylation is 1. The van der Waals surface area contributed by atoms with Gasteiger partial charge in [0.25, 0.3) is 0 Å². The minimum Gasteiger partial charge on any atom is -0.263 e. The molecule has 0 amide bonds. The van der Waals surface area contributed by atoms with Crippen LogP contribution in [0.2, 0.25) is 0 Å². The molecule has 11 heavy (non-hydrogen) atoms. The normalized spacial score (nSPS) is 10.1. The molecule has 0 aliphatic heterocycles. The zero-order chi connectivity index (χ0) is 8.27. The average molecular weight is 171 g/mol. The number of pyridine rings is 1. The number of hydrogen-bond acceptors (Lipinski definition) is 2. The maximum atomic E-state index is 12.2. The monoisotopic (exact) mass is 171 g/mol. The molecule has 0 saturated heterocycles. The van der Waals surface area contributed by atoms with E-state index >= 15 is 0 Å². The maximum Gasteiger partial charge on any atom is 0.0831 e. The fraction of sp³-hybridized carbons (Fsp3) is 0.375. The summed E-state index contributed by atoms with van der Waals surface area (Å²) in [6, 6.07) is 0. The Bertz CT molecular complexity index is 250. The Kier molecular flexibility index (Phi) is 2.88. The van der Waals surface area contributed by atoms with Gasteiger partial charge in [0.05, 0.1) is 17.0 Å². The predicted molar refractivity (Wildman–Crippen MR) is 45.3 cm³/mol. The smallest absolute Gasteiger partial charge is 0.0831 e. The first-order valence-corrected chi connectivity index (χ1v) is 4.23. The van der Waals surface area contributed by atoms with Gasteiger partial charge in [0.15, 0.2) is 0 Å². The summed E-state index contributed by atoms with van der Waals surface area (Å²) in [4.78, 5) is 4.55. The van der Waals surface area contributed by atoms with Crippen molar-refractivity contribution < 1.29 is 3.89 Å². The van der Waals surface area contributed by atoms with E-state index < -0.39 is 0 Å². The fourth-order valence-electron chi connectivity index (χ4n) is 1.09. The van der Waals surface area contributed by atoms with Gasteiger partial charge in [-0.1, -0.05) is 6.92 Å². The largest absolute Gasteiger partial charge is 0.263 e. The van der Waals surface area contributed by atoms with E-state index in [0.717, 1.165) is 17.5 Å². The molecule has 0 aliphatic carbocycles. The standard InChI is InChI=1S/C8H10FNS/c1-3-7-6(2)4-10-5-8(7)11-9/h4-5H,3H2,1-2H3. The van der Waals surface area contributed by atoms with Crippen LogP contribution in [-0.2, 0) is 6.42 Å². The lowest BCUT2D eigenvalue weighted by atomic mass is 10.1. The summed E-state index contributed by atoms with van der Waals surface area (Å²) in [5.41, 5.74) is 2.13. The lowest BCUT2D eigenvalue weighted by Gasteiger charge is -2.04. The average Bonchev–Trinajstić information content (AvgIpc) is 2.04. The molecule has 1 rings (SSSR count). The van der Waals surface area contributed by atoms with Crippen LogP contribution in [0.1, 0.15) is 18.1 Å². The van der Waals surface area contributed by atoms with Gasteiger partial charge in [0, 0.05) is 12.4 Å². The number of halogens is 1. The molecule has 1 aromatic rings. The lowest BCUT2D eigenvalue weighted by Crippen LogP contribution is -1.90. The summed E-state index contributed by atoms with van der Waals surface area (Å²) in [5, 5.41) is 0. The van der Waals surface area contributed by atoms with E-state index in [1.54, 1.807) is 12.4 Å². The highest BCUT2D eigenvalue weighted by molar-refractivity contribution is 7.94. The molecule has 0 aliphatic rings. The second kappa shape index (κ2) is 3.72. The molecular formula is C8H10FNS. The van der Waals surface area contributed by atoms with Crippen LogP contribution in [0, 0.1) is 6.92 Å². The van der Waals surface area contributed by atoms with Gasteiger partial charge in [-0.3, -0.25) is 4.98 Å². The molecule has 60 valence electrons. The molecule has 1 heterocycles. The first-order valence-electron chi connectivity index (χ1n) is 3.51. The van der Waals surface area contributed by atoms with E-state index in [4.69, 9.17) is 0 Å². The first kappa shape index (κ1) is 8.53. The molecule has 0 fully saturated rings. The van der Waals surface area contributed by atoms with Crippen molar-refractivity contribution in [1.82, 2.24) is 4.98 Å². The molecule has 0 aromatic carbocycles. The minimum atomic E-state index is 0.272. The van der Waals surface area contributed by atoms with Gasteiger partial charge in [0.2, 0.25) is 0 Å². The van der Waals surface area contributed by atoms with Crippen molar-refractivity contribution in [2.75, 3.05) is 0 Å². The van der Waals surface area contributed by atoms with E-state index in [-0.39, 0.29) is 12.1 Å². The predicted octanol–water partition coefficient (Wildman–Crippen LogP) is 2.93. The Labute approximate surface area is 70.3 Å². The van der Waals surface area contributed by atoms with Crippen molar-refractivity contribution in [3.05, 3.63) is 23.5 Å². The number of rotatable bonds is 2. The third kappa shape index (κ3) is 1.71. The van der Waals surface area contributed by atoms with Crippen LogP contribution >= 0.6 is 12.1 Å². The zero-order valence-corrected chi connectivity index (χ0v) is 7.41. The molecule has 0 spiro atoms. The summed E-state index contributed by atoms with van der Waals surface area (Å²) in [7, 11) is 0. The van der Waals surface area contributed by atoms with Crippen LogP contribution in [0.4, 0.5) is 3.89 Å². The SMILES string of the molecule is CCc1c(C)cncc1SF. The van der Waals surface area contributed by atoms with Crippen LogP contribution in [0.3, 0.4) is 0 Å². The quantitative estimate of drug-likeness (QED) is 0.678. The van der Waals surface area contributed by atoms with E-state index in [9.17, 15) is 3.89 Å². The van der Waals surface area contributed by atoms with Crippen molar-refractivity contribution in [2.45, 2.75) is 25.2 Å². The van der Waals surface area contributed by atoms with Crippen molar-refractivity contribution >= 4 is 12.1 Å². The van der Waals surface area contributed by atoms with Crippen LogP contribution in [-0.4, -0.2) is 4.98 Å². The summed E-state index contributed by atoms with van der Waals surface area (Å²) >= 11 is 0.272. The van der Waals surface area contributed by atoms with E-state index in [1.165, 1.54) is 0 Å². The second-order valence-corrected chi connectivity index (χ2v) is 2.96. The molecule has 0 unspecified atom stereocenters. The molecule has 0 radical (unpaired) electrons. The van der Waals surface area contributed by atoms with E-state index in [0.29, 0.717) is 4.90 Å². The molecule has 0 atom stereocenters. The van der Waals surface area contributed by atoms with Gasteiger partial charge in [0.1, 0.15) is 0 Å². The van der Waals surface area contributed by atoms with Gasteiger partial charge < -0.3 is 0 Å². The third-order valence-corrected chi connectivity index (χ3v) is 2.19. The van der Waals surface area contributed by atoms with Gasteiger partial charge in [-0.05, 0) is 24.5 Å². The van der Waals surface area contributed by atoms with Crippen LogP contribution < -0.4 is 0 Å². The van der Waals surface area contributed by atoms with Gasteiger partial charge in [-0.15, -0.1) is 0 Å². The zero-order valence-electron chi connectivity index (χ0n) is 6.60. The first-order chi connectivity index (χ1) is 5.29. The fourth-order valence-corrected chi connectivity index (χ4v) is 1.59. The Morgan fingerprint density at radius 1 is 1.55 bits per heavy atom. The van der Waals surface area contributed by atoms with Crippen LogP contribution in [0.25, 0.3) is 0 Å². The summed E-state index contributed by atoms with van der Waals surface area (Å²) in [5.74, 6) is 0. The van der Waals surface area contributed by atoms with Crippen LogP contribution in [0.15, 0.2) is 17.3 Å². The van der Waals surface area contributed by atoms with E-state index in [2.05, 4.69) is 4.98 Å². The Balaban J connectivity index is 3.13. The van der Waals surface area contributed by atoms with Gasteiger partial charge >= 0.3 is 0 Å². The molecule has 3 heteroatoms. The van der Waals surface area contributed by atoms with Gasteiger partial charge in [-0.2, -0.15) is 3.89 Å². The topological polar surface area (TPSA) is 12.9 Å². The Morgan fingerprint density at radius 2 is 2.27 bits per heavy atom. The highest BCUT2D eigenvalue weighted by Gasteiger charge is 2.03. The highest BCUT2D eigenvalue weighted by Crippen LogP contribution is 2.24.